The van der Waals surface area contributed by atoms with Crippen molar-refractivity contribution in [3.05, 3.63) is 42.5 Å². The fourth-order valence-corrected chi connectivity index (χ4v) is 3.39. The lowest BCUT2D eigenvalue weighted by Crippen LogP contribution is -2.37. The third-order valence-electron chi connectivity index (χ3n) is 4.59. The molecule has 0 amide bonds. The number of rotatable bonds is 6. The number of benzene rings is 1. The van der Waals surface area contributed by atoms with Crippen LogP contribution in [0.2, 0.25) is 0 Å². The van der Waals surface area contributed by atoms with E-state index in [-0.39, 0.29) is 6.10 Å². The molecule has 1 fully saturated rings. The second kappa shape index (κ2) is 7.45. The molecule has 1 aromatic carbocycles. The monoisotopic (exact) mass is 326 g/mol. The topological polar surface area (TPSA) is 73.0 Å². The van der Waals surface area contributed by atoms with Gasteiger partial charge >= 0.3 is 0 Å². The minimum atomic E-state index is -0.775. The summed E-state index contributed by atoms with van der Waals surface area (Å²) >= 11 is 0. The van der Waals surface area contributed by atoms with Crippen LogP contribution in [0, 0.1) is 11.3 Å². The van der Waals surface area contributed by atoms with E-state index in [0.717, 1.165) is 37.2 Å². The van der Waals surface area contributed by atoms with Crippen molar-refractivity contribution in [2.45, 2.75) is 43.7 Å². The predicted octanol–water partition coefficient (Wildman–Crippen LogP) is 2.71. The summed E-state index contributed by atoms with van der Waals surface area (Å²) in [7, 11) is 1.63. The zero-order chi connectivity index (χ0) is 16.8. The molecule has 0 N–H and O–H groups in total. The second-order valence-corrected chi connectivity index (χ2v) is 6.18. The molecule has 2 heterocycles. The molecule has 1 saturated heterocycles. The Bertz CT molecular complexity index is 689. The standard InChI is InChI=1S/C18H22N4O2/c1-23-17-8-3-2-7-16(17)18(11-19,12-22-14-20-13-21-22)10-15-6-4-5-9-24-15/h2-3,7-8,13-15H,4-6,9-10,12H2,1H3. The van der Waals surface area contributed by atoms with E-state index in [1.165, 1.54) is 6.33 Å². The highest BCUT2D eigenvalue weighted by molar-refractivity contribution is 5.44. The average molecular weight is 326 g/mol. The molecule has 0 aliphatic carbocycles. The molecule has 0 radical (unpaired) electrons. The Morgan fingerprint density at radius 2 is 2.29 bits per heavy atom. The maximum Gasteiger partial charge on any atom is 0.137 e. The maximum absolute atomic E-state index is 10.2. The smallest absolute Gasteiger partial charge is 0.137 e. The first-order valence-electron chi connectivity index (χ1n) is 8.26. The van der Waals surface area contributed by atoms with E-state index in [1.807, 2.05) is 24.3 Å². The first-order valence-corrected chi connectivity index (χ1v) is 8.26. The van der Waals surface area contributed by atoms with Gasteiger partial charge in [-0.05, 0) is 31.7 Å². The summed E-state index contributed by atoms with van der Waals surface area (Å²) < 4.78 is 13.1. The van der Waals surface area contributed by atoms with Gasteiger partial charge in [-0.25, -0.2) is 4.98 Å². The van der Waals surface area contributed by atoms with Gasteiger partial charge in [-0.1, -0.05) is 18.2 Å². The third kappa shape index (κ3) is 3.41. The minimum absolute atomic E-state index is 0.0758. The van der Waals surface area contributed by atoms with Crippen LogP contribution < -0.4 is 4.74 Å². The predicted molar refractivity (Wildman–Crippen MR) is 88.5 cm³/mol. The fourth-order valence-electron chi connectivity index (χ4n) is 3.39. The van der Waals surface area contributed by atoms with Crippen molar-refractivity contribution in [3.63, 3.8) is 0 Å². The Labute approximate surface area is 142 Å². The van der Waals surface area contributed by atoms with E-state index in [1.54, 1.807) is 18.1 Å². The molecule has 0 spiro atoms. The molecule has 2 aromatic rings. The van der Waals surface area contributed by atoms with Gasteiger partial charge in [0, 0.05) is 12.2 Å². The molecular weight excluding hydrogens is 304 g/mol. The van der Waals surface area contributed by atoms with Crippen LogP contribution in [-0.2, 0) is 16.7 Å². The van der Waals surface area contributed by atoms with E-state index in [4.69, 9.17) is 9.47 Å². The number of ether oxygens (including phenoxy) is 2. The zero-order valence-corrected chi connectivity index (χ0v) is 13.9. The molecule has 1 aliphatic heterocycles. The van der Waals surface area contributed by atoms with Crippen LogP contribution in [0.25, 0.3) is 0 Å². The summed E-state index contributed by atoms with van der Waals surface area (Å²) in [5.74, 6) is 0.718. The molecule has 3 rings (SSSR count). The molecule has 24 heavy (non-hydrogen) atoms. The summed E-state index contributed by atoms with van der Waals surface area (Å²) in [5, 5.41) is 14.4. The van der Waals surface area contributed by atoms with Gasteiger partial charge < -0.3 is 9.47 Å². The average Bonchev–Trinajstić information content (AvgIpc) is 3.15. The maximum atomic E-state index is 10.2. The van der Waals surface area contributed by atoms with E-state index in [9.17, 15) is 5.26 Å². The number of methoxy groups -OCH3 is 1. The summed E-state index contributed by atoms with van der Waals surface area (Å²) in [6.07, 6.45) is 7.03. The summed E-state index contributed by atoms with van der Waals surface area (Å²) in [6.45, 7) is 1.19. The van der Waals surface area contributed by atoms with Crippen LogP contribution in [0.4, 0.5) is 0 Å². The Morgan fingerprint density at radius 3 is 2.96 bits per heavy atom. The summed E-state index contributed by atoms with van der Waals surface area (Å²) in [4.78, 5) is 4.00. The number of nitriles is 1. The Kier molecular flexibility index (Phi) is 5.11. The van der Waals surface area contributed by atoms with Crippen molar-refractivity contribution in [2.24, 2.45) is 0 Å². The van der Waals surface area contributed by atoms with Crippen LogP contribution in [0.5, 0.6) is 5.75 Å². The van der Waals surface area contributed by atoms with E-state index in [0.29, 0.717) is 13.0 Å². The Morgan fingerprint density at radius 1 is 1.42 bits per heavy atom. The number of aromatic nitrogens is 3. The van der Waals surface area contributed by atoms with Gasteiger partial charge in [0.2, 0.25) is 0 Å². The largest absolute Gasteiger partial charge is 0.496 e. The molecule has 2 atom stereocenters. The molecular formula is C18H22N4O2. The van der Waals surface area contributed by atoms with Crippen LogP contribution in [-0.4, -0.2) is 34.6 Å². The molecule has 0 saturated carbocycles. The first-order chi connectivity index (χ1) is 11.8. The number of nitrogens with zero attached hydrogens (tertiary/aromatic N) is 4. The molecule has 126 valence electrons. The summed E-state index contributed by atoms with van der Waals surface area (Å²) in [6, 6.07) is 10.2. The lowest BCUT2D eigenvalue weighted by atomic mass is 9.75. The number of hydrogen-bond acceptors (Lipinski definition) is 5. The normalized spacial score (nSPS) is 20.1. The second-order valence-electron chi connectivity index (χ2n) is 6.18. The summed E-state index contributed by atoms with van der Waals surface area (Å²) in [5.41, 5.74) is 0.0992. The van der Waals surface area contributed by atoms with Gasteiger partial charge in [-0.15, -0.1) is 0 Å². The van der Waals surface area contributed by atoms with Crippen LogP contribution >= 0.6 is 0 Å². The molecule has 6 nitrogen and oxygen atoms in total. The van der Waals surface area contributed by atoms with Crippen molar-refractivity contribution in [2.75, 3.05) is 13.7 Å². The van der Waals surface area contributed by atoms with Crippen LogP contribution in [0.1, 0.15) is 31.2 Å². The number of hydrogen-bond donors (Lipinski definition) is 0. The zero-order valence-electron chi connectivity index (χ0n) is 13.9. The van der Waals surface area contributed by atoms with E-state index >= 15 is 0 Å². The third-order valence-corrected chi connectivity index (χ3v) is 4.59. The minimum Gasteiger partial charge on any atom is -0.496 e. The van der Waals surface area contributed by atoms with Gasteiger partial charge in [-0.2, -0.15) is 10.4 Å². The van der Waals surface area contributed by atoms with Crippen molar-refractivity contribution in [1.82, 2.24) is 14.8 Å². The van der Waals surface area contributed by atoms with Gasteiger partial charge in [0.05, 0.1) is 25.8 Å². The van der Waals surface area contributed by atoms with Crippen LogP contribution in [0.15, 0.2) is 36.9 Å². The van der Waals surface area contributed by atoms with Crippen LogP contribution in [0.3, 0.4) is 0 Å². The van der Waals surface area contributed by atoms with Gasteiger partial charge in [-0.3, -0.25) is 4.68 Å². The Hall–Kier alpha value is -2.39. The molecule has 0 bridgehead atoms. The van der Waals surface area contributed by atoms with Gasteiger partial charge in [0.1, 0.15) is 23.8 Å². The molecule has 1 aliphatic rings. The first kappa shape index (κ1) is 16.5. The molecule has 2 unspecified atom stereocenters. The highest BCUT2D eigenvalue weighted by atomic mass is 16.5. The lowest BCUT2D eigenvalue weighted by molar-refractivity contribution is -0.000144. The fraction of sp³-hybridized carbons (Fsp3) is 0.500. The van der Waals surface area contributed by atoms with Gasteiger partial charge in [0.25, 0.3) is 0 Å². The van der Waals surface area contributed by atoms with Crippen molar-refractivity contribution in [1.29, 1.82) is 5.26 Å². The highest BCUT2D eigenvalue weighted by Gasteiger charge is 2.39. The lowest BCUT2D eigenvalue weighted by Gasteiger charge is -2.33. The molecule has 6 heteroatoms. The van der Waals surface area contributed by atoms with Crippen molar-refractivity contribution >= 4 is 0 Å². The number of para-hydroxylation sites is 1. The van der Waals surface area contributed by atoms with E-state index in [2.05, 4.69) is 16.2 Å². The SMILES string of the molecule is COc1ccccc1C(C#N)(CC1CCCCO1)Cn1cncn1. The quantitative estimate of drug-likeness (QED) is 0.816. The Balaban J connectivity index is 1.99. The van der Waals surface area contributed by atoms with Crippen molar-refractivity contribution < 1.29 is 9.47 Å². The van der Waals surface area contributed by atoms with E-state index < -0.39 is 5.41 Å². The molecule has 1 aromatic heterocycles. The van der Waals surface area contributed by atoms with Gasteiger partial charge in [0.15, 0.2) is 0 Å². The van der Waals surface area contributed by atoms with Crippen molar-refractivity contribution in [3.8, 4) is 11.8 Å². The highest BCUT2D eigenvalue weighted by Crippen LogP contribution is 2.38.